The summed E-state index contributed by atoms with van der Waals surface area (Å²) in [4.78, 5) is 17.6. The first-order valence-corrected chi connectivity index (χ1v) is 11.6. The molecular weight excluding hydrogens is 376 g/mol. The van der Waals surface area contributed by atoms with Gasteiger partial charge in [-0.05, 0) is 61.4 Å². The SMILES string of the molecule is [2H]C([2H])(CCCCCc1ccccc1)c1ccc(CNCCCP(=O)(O)O)cc1F. The minimum atomic E-state index is -3.98. The van der Waals surface area contributed by atoms with E-state index in [0.717, 1.165) is 19.3 Å². The number of halogens is 1. The Labute approximate surface area is 170 Å². The highest BCUT2D eigenvalue weighted by atomic mass is 31.2. The number of unbranched alkanes of at least 4 members (excludes halogenated alkanes) is 2. The van der Waals surface area contributed by atoms with Gasteiger partial charge in [0.15, 0.2) is 0 Å². The quantitative estimate of drug-likeness (QED) is 0.327. The molecule has 0 aliphatic carbocycles. The molecule has 2 aromatic carbocycles. The van der Waals surface area contributed by atoms with E-state index in [1.807, 2.05) is 18.2 Å². The lowest BCUT2D eigenvalue weighted by Crippen LogP contribution is -2.16. The van der Waals surface area contributed by atoms with Crippen LogP contribution in [0.1, 0.15) is 51.5 Å². The Morgan fingerprint density at radius 2 is 1.71 bits per heavy atom. The van der Waals surface area contributed by atoms with E-state index in [1.54, 1.807) is 6.07 Å². The Morgan fingerprint density at radius 1 is 0.964 bits per heavy atom. The van der Waals surface area contributed by atoms with Crippen molar-refractivity contribution < 1.29 is 21.5 Å². The maximum absolute atomic E-state index is 14.5. The average molecular weight is 409 g/mol. The fourth-order valence-corrected chi connectivity index (χ4v) is 3.52. The minimum Gasteiger partial charge on any atom is -0.324 e. The predicted octanol–water partition coefficient (Wildman–Crippen LogP) is 4.83. The third-order valence-electron chi connectivity index (χ3n) is 4.47. The van der Waals surface area contributed by atoms with Gasteiger partial charge in [0.25, 0.3) is 0 Å². The molecule has 0 unspecified atom stereocenters. The summed E-state index contributed by atoms with van der Waals surface area (Å²) in [5, 5.41) is 3.02. The van der Waals surface area contributed by atoms with E-state index >= 15 is 0 Å². The molecular formula is C22H31FNO3P. The fraction of sp³-hybridized carbons (Fsp3) is 0.455. The average Bonchev–Trinajstić information content (AvgIpc) is 2.67. The van der Waals surface area contributed by atoms with Crippen LogP contribution in [0.4, 0.5) is 4.39 Å². The van der Waals surface area contributed by atoms with Crippen molar-refractivity contribution in [1.82, 2.24) is 5.32 Å². The van der Waals surface area contributed by atoms with Crippen molar-refractivity contribution in [2.45, 2.75) is 51.4 Å². The van der Waals surface area contributed by atoms with Gasteiger partial charge < -0.3 is 15.1 Å². The standard InChI is InChI=1S/C22H31FNO3P/c23-22-17-20(18-24-15-8-16-28(25,26)27)13-14-21(22)12-7-2-1-4-9-19-10-5-3-6-11-19/h3,5-6,10-11,13-14,17,24H,1-2,4,7-9,12,15-16,18H2,(H2,25,26,27)/i12D2. The molecule has 0 spiro atoms. The number of nitrogens with one attached hydrogen (secondary N) is 1. The molecule has 3 N–H and O–H groups in total. The Bertz CT molecular complexity index is 830. The normalized spacial score (nSPS) is 13.2. The van der Waals surface area contributed by atoms with Crippen molar-refractivity contribution in [3.05, 3.63) is 71.0 Å². The summed E-state index contributed by atoms with van der Waals surface area (Å²) < 4.78 is 41.8. The minimum absolute atomic E-state index is 0.0795. The number of benzene rings is 2. The highest BCUT2D eigenvalue weighted by molar-refractivity contribution is 7.51. The first-order chi connectivity index (χ1) is 14.2. The van der Waals surface area contributed by atoms with E-state index < -0.39 is 19.8 Å². The third-order valence-corrected chi connectivity index (χ3v) is 5.36. The van der Waals surface area contributed by atoms with Gasteiger partial charge >= 0.3 is 7.60 Å². The van der Waals surface area contributed by atoms with E-state index in [9.17, 15) is 8.96 Å². The molecule has 6 heteroatoms. The molecule has 2 aromatic rings. The zero-order valence-corrected chi connectivity index (χ0v) is 17.0. The highest BCUT2D eigenvalue weighted by Crippen LogP contribution is 2.34. The van der Waals surface area contributed by atoms with Crippen LogP contribution < -0.4 is 5.32 Å². The zero-order valence-electron chi connectivity index (χ0n) is 18.1. The second-order valence-corrected chi connectivity index (χ2v) is 8.73. The van der Waals surface area contributed by atoms with Crippen molar-refractivity contribution in [3.63, 3.8) is 0 Å². The molecule has 0 amide bonds. The number of hydrogen-bond acceptors (Lipinski definition) is 2. The Hall–Kier alpha value is -1.52. The molecule has 0 aliphatic heterocycles. The smallest absolute Gasteiger partial charge is 0.324 e. The van der Waals surface area contributed by atoms with Gasteiger partial charge in [0.2, 0.25) is 0 Å². The van der Waals surface area contributed by atoms with Crippen molar-refractivity contribution in [2.75, 3.05) is 12.7 Å². The molecule has 0 aromatic heterocycles. The van der Waals surface area contributed by atoms with Gasteiger partial charge in [-0.1, -0.05) is 55.3 Å². The molecule has 0 aliphatic rings. The summed E-state index contributed by atoms with van der Waals surface area (Å²) in [5.74, 6) is -0.557. The van der Waals surface area contributed by atoms with Crippen LogP contribution in [0.25, 0.3) is 0 Å². The van der Waals surface area contributed by atoms with Crippen molar-refractivity contribution in [3.8, 4) is 0 Å². The van der Waals surface area contributed by atoms with Crippen LogP contribution in [0.3, 0.4) is 0 Å². The van der Waals surface area contributed by atoms with E-state index in [-0.39, 0.29) is 18.1 Å². The summed E-state index contributed by atoms with van der Waals surface area (Å²) in [6.07, 6.45) is 2.25. The molecule has 0 radical (unpaired) electrons. The molecule has 0 saturated heterocycles. The predicted molar refractivity (Wildman–Crippen MR) is 112 cm³/mol. The fourth-order valence-electron chi connectivity index (χ4n) is 2.95. The Morgan fingerprint density at radius 3 is 2.43 bits per heavy atom. The largest absolute Gasteiger partial charge is 0.325 e. The number of hydrogen-bond donors (Lipinski definition) is 3. The molecule has 0 atom stereocenters. The van der Waals surface area contributed by atoms with Gasteiger partial charge in [0.1, 0.15) is 5.82 Å². The molecule has 154 valence electrons. The maximum Gasteiger partial charge on any atom is 0.325 e. The van der Waals surface area contributed by atoms with Gasteiger partial charge in [-0.15, -0.1) is 0 Å². The van der Waals surface area contributed by atoms with Crippen molar-refractivity contribution >= 4 is 7.60 Å². The summed E-state index contributed by atoms with van der Waals surface area (Å²) in [5.41, 5.74) is 2.03. The molecule has 0 bridgehead atoms. The lowest BCUT2D eigenvalue weighted by Gasteiger charge is -2.08. The van der Waals surface area contributed by atoms with E-state index in [1.165, 1.54) is 17.7 Å². The zero-order chi connectivity index (χ0) is 22.0. The van der Waals surface area contributed by atoms with Crippen LogP contribution in [0.2, 0.25) is 0 Å². The first kappa shape index (κ1) is 19.8. The number of aryl methyl sites for hydroxylation is 2. The van der Waals surface area contributed by atoms with E-state index in [0.29, 0.717) is 31.5 Å². The third kappa shape index (κ3) is 9.61. The first-order valence-electron chi connectivity index (χ1n) is 10.8. The lowest BCUT2D eigenvalue weighted by atomic mass is 10.0. The topological polar surface area (TPSA) is 69.6 Å². The summed E-state index contributed by atoms with van der Waals surface area (Å²) in [6, 6.07) is 14.7. The summed E-state index contributed by atoms with van der Waals surface area (Å²) >= 11 is 0. The van der Waals surface area contributed by atoms with Crippen molar-refractivity contribution in [1.29, 1.82) is 0 Å². The molecule has 2 rings (SSSR count). The van der Waals surface area contributed by atoms with Gasteiger partial charge in [-0.2, -0.15) is 0 Å². The lowest BCUT2D eigenvalue weighted by molar-refractivity contribution is 0.371. The monoisotopic (exact) mass is 409 g/mol. The Kier molecular flexibility index (Phi) is 8.57. The van der Waals surface area contributed by atoms with Gasteiger partial charge in [0, 0.05) is 9.29 Å². The van der Waals surface area contributed by atoms with Crippen LogP contribution in [0.5, 0.6) is 0 Å². The second kappa shape index (κ2) is 12.1. The van der Waals surface area contributed by atoms with Crippen LogP contribution >= 0.6 is 7.60 Å². The van der Waals surface area contributed by atoms with Crippen LogP contribution in [-0.4, -0.2) is 22.5 Å². The van der Waals surface area contributed by atoms with Crippen LogP contribution in [0.15, 0.2) is 48.5 Å². The number of rotatable bonds is 13. The second-order valence-electron chi connectivity index (χ2n) is 6.96. The maximum atomic E-state index is 14.5. The molecule has 0 heterocycles. The molecule has 0 saturated carbocycles. The molecule has 28 heavy (non-hydrogen) atoms. The van der Waals surface area contributed by atoms with E-state index in [4.69, 9.17) is 12.5 Å². The van der Waals surface area contributed by atoms with Crippen LogP contribution in [-0.2, 0) is 23.9 Å². The van der Waals surface area contributed by atoms with Gasteiger partial charge in [0.05, 0.1) is 6.16 Å². The van der Waals surface area contributed by atoms with Gasteiger partial charge in [-0.25, -0.2) is 4.39 Å². The molecule has 0 fully saturated rings. The summed E-state index contributed by atoms with van der Waals surface area (Å²) in [6.45, 7) is 0.777. The van der Waals surface area contributed by atoms with Gasteiger partial charge in [-0.3, -0.25) is 4.57 Å². The van der Waals surface area contributed by atoms with Crippen LogP contribution in [0, 0.1) is 5.82 Å². The Balaban J connectivity index is 1.75. The highest BCUT2D eigenvalue weighted by Gasteiger charge is 2.11. The summed E-state index contributed by atoms with van der Waals surface area (Å²) in [7, 11) is -3.98. The molecule has 4 nitrogen and oxygen atoms in total. The van der Waals surface area contributed by atoms with Crippen molar-refractivity contribution in [2.24, 2.45) is 0 Å². The van der Waals surface area contributed by atoms with E-state index in [2.05, 4.69) is 17.4 Å².